The smallest absolute Gasteiger partial charge is 0.243 e. The first-order chi connectivity index (χ1) is 12.5. The van der Waals surface area contributed by atoms with Gasteiger partial charge in [0.05, 0.1) is 11.4 Å². The Kier molecular flexibility index (Phi) is 9.11. The summed E-state index contributed by atoms with van der Waals surface area (Å²) in [4.78, 5) is 4.91. The van der Waals surface area contributed by atoms with Crippen LogP contribution < -0.4 is 10.6 Å². The molecule has 2 N–H and O–H groups in total. The molecule has 0 bridgehead atoms. The first-order valence-electron chi connectivity index (χ1n) is 9.18. The monoisotopic (exact) mass is 414 g/mol. The van der Waals surface area contributed by atoms with Crippen LogP contribution in [0.4, 0.5) is 0 Å². The predicted molar refractivity (Wildman–Crippen MR) is 117 cm³/mol. The molecule has 0 aliphatic rings. The zero-order chi connectivity index (χ0) is 20.7. The molecular weight excluding hydrogens is 380 g/mol. The van der Waals surface area contributed by atoms with E-state index < -0.39 is 10.0 Å². The Morgan fingerprint density at radius 2 is 1.81 bits per heavy atom. The summed E-state index contributed by atoms with van der Waals surface area (Å²) in [5, 5.41) is 6.60. The molecule has 27 heavy (non-hydrogen) atoms. The molecule has 8 heteroatoms. The number of rotatable bonds is 9. The highest BCUT2D eigenvalue weighted by atomic mass is 32.2. The summed E-state index contributed by atoms with van der Waals surface area (Å²) in [6, 6.07) is 6.85. The van der Waals surface area contributed by atoms with Crippen molar-refractivity contribution in [3.05, 3.63) is 29.8 Å². The average molecular weight is 415 g/mol. The first kappa shape index (κ1) is 23.8. The van der Waals surface area contributed by atoms with Crippen LogP contribution in [0.15, 0.2) is 34.2 Å². The predicted octanol–water partition coefficient (Wildman–Crippen LogP) is 2.91. The van der Waals surface area contributed by atoms with Crippen LogP contribution in [0.1, 0.15) is 40.2 Å². The van der Waals surface area contributed by atoms with E-state index in [2.05, 4.69) is 35.7 Å². The van der Waals surface area contributed by atoms with Crippen molar-refractivity contribution in [2.75, 3.05) is 26.4 Å². The summed E-state index contributed by atoms with van der Waals surface area (Å²) in [6.07, 6.45) is 2.10. The fourth-order valence-electron chi connectivity index (χ4n) is 2.09. The van der Waals surface area contributed by atoms with E-state index in [1.807, 2.05) is 32.9 Å². The van der Waals surface area contributed by atoms with Crippen molar-refractivity contribution in [2.24, 2.45) is 4.99 Å². The van der Waals surface area contributed by atoms with Crippen molar-refractivity contribution >= 4 is 27.7 Å². The Morgan fingerprint density at radius 1 is 1.22 bits per heavy atom. The molecule has 1 aromatic carbocycles. The molecule has 0 fully saturated rings. The summed E-state index contributed by atoms with van der Waals surface area (Å²) in [5.41, 5.74) is 0.961. The Morgan fingerprint density at radius 3 is 2.30 bits per heavy atom. The molecule has 6 nitrogen and oxygen atoms in total. The molecule has 0 radical (unpaired) electrons. The molecular formula is C19H34N4O2S2. The SMILES string of the molecule is CCNC(=NCc1ccc(S(=O)(=O)N(C)C(C)C)cc1)NCC(C)(C)SC. The van der Waals surface area contributed by atoms with Gasteiger partial charge < -0.3 is 10.6 Å². The van der Waals surface area contributed by atoms with Crippen molar-refractivity contribution in [1.29, 1.82) is 0 Å². The molecule has 1 aromatic rings. The number of nitrogens with zero attached hydrogens (tertiary/aromatic N) is 2. The zero-order valence-electron chi connectivity index (χ0n) is 17.5. The lowest BCUT2D eigenvalue weighted by atomic mass is 10.2. The molecule has 0 saturated carbocycles. The van der Waals surface area contributed by atoms with Gasteiger partial charge in [-0.25, -0.2) is 13.4 Å². The number of aliphatic imine (C=N–C) groups is 1. The van der Waals surface area contributed by atoms with E-state index in [1.165, 1.54) is 4.31 Å². The minimum absolute atomic E-state index is 0.0847. The maximum Gasteiger partial charge on any atom is 0.243 e. The van der Waals surface area contributed by atoms with E-state index >= 15 is 0 Å². The molecule has 154 valence electrons. The van der Waals surface area contributed by atoms with Gasteiger partial charge in [-0.2, -0.15) is 16.1 Å². The number of thioether (sulfide) groups is 1. The van der Waals surface area contributed by atoms with E-state index in [0.29, 0.717) is 11.4 Å². The van der Waals surface area contributed by atoms with Crippen LogP contribution in [0.25, 0.3) is 0 Å². The molecule has 0 aliphatic carbocycles. The summed E-state index contributed by atoms with van der Waals surface area (Å²) < 4.78 is 26.5. The standard InChI is InChI=1S/C19H34N4O2S2/c1-8-20-18(22-14-19(4,5)26-7)21-13-16-9-11-17(12-10-16)27(24,25)23(6)15(2)3/h9-12,15H,8,13-14H2,1-7H3,(H2,20,21,22). The lowest BCUT2D eigenvalue weighted by molar-refractivity contribution is 0.410. The van der Waals surface area contributed by atoms with Gasteiger partial charge in [0.1, 0.15) is 0 Å². The molecule has 0 heterocycles. The van der Waals surface area contributed by atoms with Gasteiger partial charge in [0, 0.05) is 30.9 Å². The van der Waals surface area contributed by atoms with Crippen LogP contribution >= 0.6 is 11.8 Å². The largest absolute Gasteiger partial charge is 0.357 e. The van der Waals surface area contributed by atoms with Crippen molar-refractivity contribution in [3.8, 4) is 0 Å². The average Bonchev–Trinajstić information content (AvgIpc) is 2.63. The fourth-order valence-corrected chi connectivity index (χ4v) is 3.68. The molecule has 0 aromatic heterocycles. The van der Waals surface area contributed by atoms with Gasteiger partial charge in [-0.1, -0.05) is 12.1 Å². The van der Waals surface area contributed by atoms with Gasteiger partial charge in [0.15, 0.2) is 5.96 Å². The van der Waals surface area contributed by atoms with Gasteiger partial charge in [0.25, 0.3) is 0 Å². The Labute approximate surface area is 169 Å². The summed E-state index contributed by atoms with van der Waals surface area (Å²) >= 11 is 1.80. The maximum atomic E-state index is 12.5. The Bertz CT molecular complexity index is 714. The molecule has 0 unspecified atom stereocenters. The molecule has 0 saturated heterocycles. The van der Waals surface area contributed by atoms with Crippen LogP contribution in [-0.2, 0) is 16.6 Å². The second-order valence-electron chi connectivity index (χ2n) is 7.27. The molecule has 0 spiro atoms. The first-order valence-corrected chi connectivity index (χ1v) is 11.8. The number of hydrogen-bond donors (Lipinski definition) is 2. The topological polar surface area (TPSA) is 73.8 Å². The third-order valence-corrected chi connectivity index (χ3v) is 7.62. The van der Waals surface area contributed by atoms with E-state index in [9.17, 15) is 8.42 Å². The maximum absolute atomic E-state index is 12.5. The van der Waals surface area contributed by atoms with E-state index in [-0.39, 0.29) is 10.8 Å². The summed E-state index contributed by atoms with van der Waals surface area (Å²) in [6.45, 7) is 12.2. The number of guanidine groups is 1. The van der Waals surface area contributed by atoms with Crippen LogP contribution in [0.2, 0.25) is 0 Å². The lowest BCUT2D eigenvalue weighted by Crippen LogP contribution is -2.43. The minimum Gasteiger partial charge on any atom is -0.357 e. The molecule has 0 atom stereocenters. The second-order valence-corrected chi connectivity index (χ2v) is 10.8. The fraction of sp³-hybridized carbons (Fsp3) is 0.632. The Balaban J connectivity index is 2.84. The van der Waals surface area contributed by atoms with Crippen LogP contribution in [0.5, 0.6) is 0 Å². The normalized spacial score (nSPS) is 13.3. The van der Waals surface area contributed by atoms with E-state index in [1.54, 1.807) is 30.9 Å². The molecule has 0 aliphatic heterocycles. The van der Waals surface area contributed by atoms with Gasteiger partial charge in [-0.3, -0.25) is 0 Å². The zero-order valence-corrected chi connectivity index (χ0v) is 19.2. The number of sulfonamides is 1. The van der Waals surface area contributed by atoms with E-state index in [0.717, 1.165) is 24.6 Å². The highest BCUT2D eigenvalue weighted by molar-refractivity contribution is 7.99. The van der Waals surface area contributed by atoms with Gasteiger partial charge in [-0.05, 0) is 58.6 Å². The Hall–Kier alpha value is -1.25. The number of hydrogen-bond acceptors (Lipinski definition) is 4. The van der Waals surface area contributed by atoms with Crippen molar-refractivity contribution in [2.45, 2.75) is 56.8 Å². The lowest BCUT2D eigenvalue weighted by Gasteiger charge is -2.23. The summed E-state index contributed by atoms with van der Waals surface area (Å²) in [7, 11) is -1.85. The molecule has 1 rings (SSSR count). The number of benzene rings is 1. The van der Waals surface area contributed by atoms with Gasteiger partial charge in [0.2, 0.25) is 10.0 Å². The van der Waals surface area contributed by atoms with Gasteiger partial charge >= 0.3 is 0 Å². The quantitative estimate of drug-likeness (QED) is 0.480. The van der Waals surface area contributed by atoms with Crippen LogP contribution in [0, 0.1) is 0 Å². The van der Waals surface area contributed by atoms with E-state index in [4.69, 9.17) is 0 Å². The van der Waals surface area contributed by atoms with Gasteiger partial charge in [-0.15, -0.1) is 0 Å². The third-order valence-electron chi connectivity index (χ3n) is 4.33. The summed E-state index contributed by atoms with van der Waals surface area (Å²) in [5.74, 6) is 0.760. The van der Waals surface area contributed by atoms with Crippen molar-refractivity contribution in [1.82, 2.24) is 14.9 Å². The van der Waals surface area contributed by atoms with Crippen LogP contribution in [0.3, 0.4) is 0 Å². The van der Waals surface area contributed by atoms with Crippen molar-refractivity contribution < 1.29 is 8.42 Å². The minimum atomic E-state index is -3.45. The van der Waals surface area contributed by atoms with Crippen molar-refractivity contribution in [3.63, 3.8) is 0 Å². The van der Waals surface area contributed by atoms with Crippen LogP contribution in [-0.4, -0.2) is 55.9 Å². The second kappa shape index (κ2) is 10.3. The highest BCUT2D eigenvalue weighted by Gasteiger charge is 2.22. The highest BCUT2D eigenvalue weighted by Crippen LogP contribution is 2.19. The molecule has 0 amide bonds. The third kappa shape index (κ3) is 7.35. The number of nitrogens with one attached hydrogen (secondary N) is 2.